The molecule has 0 spiro atoms. The Morgan fingerprint density at radius 3 is 2.48 bits per heavy atom. The number of Topliss-reactive ketones (excluding diaryl/α,β-unsaturated/α-hetero) is 1. The average Bonchev–Trinajstić information content (AvgIpc) is 2.89. The van der Waals surface area contributed by atoms with Gasteiger partial charge in [-0.2, -0.15) is 0 Å². The number of allylic oxidation sites excluding steroid dienone is 1. The van der Waals surface area contributed by atoms with Crippen LogP contribution in [0.15, 0.2) is 47.7 Å². The van der Waals surface area contributed by atoms with E-state index in [2.05, 4.69) is 44.4 Å². The molecule has 1 N–H and O–H groups in total. The van der Waals surface area contributed by atoms with Crippen molar-refractivity contribution >= 4 is 22.2 Å². The van der Waals surface area contributed by atoms with E-state index in [0.717, 1.165) is 5.56 Å². The zero-order chi connectivity index (χ0) is 14.8. The molecule has 1 aliphatic carbocycles. The quantitative estimate of drug-likeness (QED) is 0.810. The van der Waals surface area contributed by atoms with Gasteiger partial charge in [0.1, 0.15) is 11.4 Å². The van der Waals surface area contributed by atoms with E-state index in [9.17, 15) is 9.90 Å². The van der Waals surface area contributed by atoms with E-state index in [1.165, 1.54) is 16.5 Å². The van der Waals surface area contributed by atoms with E-state index < -0.39 is 0 Å². The van der Waals surface area contributed by atoms with Gasteiger partial charge in [-0.25, -0.2) is 0 Å². The van der Waals surface area contributed by atoms with Crippen LogP contribution in [0.2, 0.25) is 0 Å². The molecule has 0 bridgehead atoms. The van der Waals surface area contributed by atoms with Gasteiger partial charge >= 0.3 is 0 Å². The topological polar surface area (TPSA) is 37.3 Å². The van der Waals surface area contributed by atoms with Gasteiger partial charge in [-0.05, 0) is 11.5 Å². The van der Waals surface area contributed by atoms with E-state index in [1.54, 1.807) is 0 Å². The van der Waals surface area contributed by atoms with Gasteiger partial charge in [0.15, 0.2) is 11.8 Å². The van der Waals surface area contributed by atoms with Crippen molar-refractivity contribution in [3.8, 4) is 0 Å². The number of benzene rings is 2. The Labute approximate surface area is 123 Å². The monoisotopic (exact) mass is 280 g/mol. The molecule has 0 radical (unpaired) electrons. The lowest BCUT2D eigenvalue weighted by Gasteiger charge is -2.33. The standard InChI is InChI=1S/C18H17NO2/c1-19(2)13-8-4-6-11-5-3-7-12(16(11)13)18(19)17-14(20)9-10-15(17)21/h3-8,18H,9-10H2,1-2H3/p+1. The molecule has 2 aromatic carbocycles. The number of likely N-dealkylation sites (N-methyl/N-ethyl adjacent to an activating group) is 1. The Morgan fingerprint density at radius 2 is 1.81 bits per heavy atom. The van der Waals surface area contributed by atoms with Crippen molar-refractivity contribution in [1.29, 1.82) is 0 Å². The first-order valence-corrected chi connectivity index (χ1v) is 7.33. The van der Waals surface area contributed by atoms with E-state index in [1.807, 2.05) is 6.07 Å². The summed E-state index contributed by atoms with van der Waals surface area (Å²) in [5.41, 5.74) is 2.99. The summed E-state index contributed by atoms with van der Waals surface area (Å²) in [6, 6.07) is 12.4. The smallest absolute Gasteiger partial charge is 0.169 e. The van der Waals surface area contributed by atoms with Crippen LogP contribution in [0.25, 0.3) is 10.8 Å². The summed E-state index contributed by atoms with van der Waals surface area (Å²) in [5, 5.41) is 12.7. The summed E-state index contributed by atoms with van der Waals surface area (Å²) in [6.45, 7) is 0. The van der Waals surface area contributed by atoms with Crippen molar-refractivity contribution < 1.29 is 9.90 Å². The number of ketones is 1. The fourth-order valence-electron chi connectivity index (χ4n) is 4.00. The predicted octanol–water partition coefficient (Wildman–Crippen LogP) is 3.64. The van der Waals surface area contributed by atoms with Gasteiger partial charge in [-0.15, -0.1) is 0 Å². The Hall–Kier alpha value is -2.13. The van der Waals surface area contributed by atoms with Crippen LogP contribution in [0, 0.1) is 0 Å². The molecule has 1 atom stereocenters. The van der Waals surface area contributed by atoms with E-state index in [-0.39, 0.29) is 17.6 Å². The first kappa shape index (κ1) is 12.6. The molecule has 2 aliphatic rings. The highest BCUT2D eigenvalue weighted by Crippen LogP contribution is 2.51. The lowest BCUT2D eigenvalue weighted by molar-refractivity contribution is -0.115. The minimum absolute atomic E-state index is 0.0912. The average molecular weight is 280 g/mol. The van der Waals surface area contributed by atoms with E-state index >= 15 is 0 Å². The number of rotatable bonds is 1. The summed E-state index contributed by atoms with van der Waals surface area (Å²) >= 11 is 0. The van der Waals surface area contributed by atoms with Crippen molar-refractivity contribution in [2.45, 2.75) is 18.9 Å². The number of hydrogen-bond acceptors (Lipinski definition) is 2. The molecular weight excluding hydrogens is 262 g/mol. The van der Waals surface area contributed by atoms with Crippen LogP contribution >= 0.6 is 0 Å². The molecule has 1 unspecified atom stereocenters. The summed E-state index contributed by atoms with van der Waals surface area (Å²) < 4.78 is 0.585. The van der Waals surface area contributed by atoms with Crippen LogP contribution in [0.3, 0.4) is 0 Å². The third-order valence-corrected chi connectivity index (χ3v) is 4.95. The van der Waals surface area contributed by atoms with Crippen molar-refractivity contribution in [2.24, 2.45) is 0 Å². The van der Waals surface area contributed by atoms with Gasteiger partial charge < -0.3 is 5.11 Å². The molecule has 0 aromatic heterocycles. The van der Waals surface area contributed by atoms with Crippen molar-refractivity contribution in [1.82, 2.24) is 4.48 Å². The second-order valence-electron chi connectivity index (χ2n) is 6.45. The number of aliphatic hydroxyl groups excluding tert-OH is 1. The molecule has 1 aliphatic heterocycles. The normalized spacial score (nSPS) is 23.3. The zero-order valence-electron chi connectivity index (χ0n) is 12.3. The zero-order valence-corrected chi connectivity index (χ0v) is 12.3. The maximum Gasteiger partial charge on any atom is 0.169 e. The van der Waals surface area contributed by atoms with Crippen LogP contribution in [0.1, 0.15) is 24.4 Å². The number of aliphatic hydroxyl groups is 1. The Bertz CT molecular complexity index is 812. The van der Waals surface area contributed by atoms with Crippen molar-refractivity contribution in [3.63, 3.8) is 0 Å². The highest BCUT2D eigenvalue weighted by atomic mass is 16.3. The minimum Gasteiger partial charge on any atom is -0.512 e. The molecule has 0 amide bonds. The molecule has 4 rings (SSSR count). The minimum atomic E-state index is -0.0962. The summed E-state index contributed by atoms with van der Waals surface area (Å²) in [4.78, 5) is 12.3. The SMILES string of the molecule is C[N+]1(C)c2cccc3cccc(c23)C1C1=C(O)CCC1=O. The molecular formula is C18H18NO2+. The Balaban J connectivity index is 2.06. The van der Waals surface area contributed by atoms with Gasteiger partial charge in [0, 0.05) is 18.4 Å². The Kier molecular flexibility index (Phi) is 2.37. The number of quaternary nitrogens is 1. The third kappa shape index (κ3) is 1.49. The molecule has 3 heteroatoms. The fraction of sp³-hybridized carbons (Fsp3) is 0.278. The van der Waals surface area contributed by atoms with Crippen molar-refractivity contribution in [3.05, 3.63) is 53.3 Å². The molecule has 2 aromatic rings. The summed E-state index contributed by atoms with van der Waals surface area (Å²) in [6.07, 6.45) is 0.918. The maximum absolute atomic E-state index is 12.3. The van der Waals surface area contributed by atoms with Crippen LogP contribution in [0.5, 0.6) is 0 Å². The molecule has 0 fully saturated rings. The summed E-state index contributed by atoms with van der Waals surface area (Å²) in [5.74, 6) is 0.370. The lowest BCUT2D eigenvalue weighted by Crippen LogP contribution is -2.43. The lowest BCUT2D eigenvalue weighted by atomic mass is 9.95. The van der Waals surface area contributed by atoms with Gasteiger partial charge in [-0.1, -0.05) is 30.3 Å². The van der Waals surface area contributed by atoms with Crippen molar-refractivity contribution in [2.75, 3.05) is 14.1 Å². The van der Waals surface area contributed by atoms with Crippen LogP contribution in [-0.4, -0.2) is 25.0 Å². The maximum atomic E-state index is 12.3. The van der Waals surface area contributed by atoms with Gasteiger partial charge in [0.05, 0.1) is 25.1 Å². The van der Waals surface area contributed by atoms with E-state index in [0.29, 0.717) is 22.9 Å². The van der Waals surface area contributed by atoms with Gasteiger partial charge in [0.25, 0.3) is 0 Å². The second kappa shape index (κ2) is 3.95. The number of carbonyl (C=O) groups is 1. The first-order valence-electron chi connectivity index (χ1n) is 7.33. The van der Waals surface area contributed by atoms with Gasteiger partial charge in [-0.3, -0.25) is 9.28 Å². The number of carbonyl (C=O) groups excluding carboxylic acids is 1. The first-order chi connectivity index (χ1) is 10.0. The largest absolute Gasteiger partial charge is 0.512 e. The molecule has 106 valence electrons. The van der Waals surface area contributed by atoms with Crippen LogP contribution in [0.4, 0.5) is 5.69 Å². The molecule has 21 heavy (non-hydrogen) atoms. The fourth-order valence-corrected chi connectivity index (χ4v) is 4.00. The highest BCUT2D eigenvalue weighted by Gasteiger charge is 2.48. The van der Waals surface area contributed by atoms with Crippen LogP contribution in [-0.2, 0) is 4.79 Å². The Morgan fingerprint density at radius 1 is 1.10 bits per heavy atom. The molecule has 1 heterocycles. The van der Waals surface area contributed by atoms with E-state index in [4.69, 9.17) is 0 Å². The van der Waals surface area contributed by atoms with Gasteiger partial charge in [0.2, 0.25) is 0 Å². The molecule has 3 nitrogen and oxygen atoms in total. The predicted molar refractivity (Wildman–Crippen MR) is 84.2 cm³/mol. The highest BCUT2D eigenvalue weighted by molar-refractivity contribution is 6.05. The second-order valence-corrected chi connectivity index (χ2v) is 6.45. The summed E-state index contributed by atoms with van der Waals surface area (Å²) in [7, 11) is 4.23. The van der Waals surface area contributed by atoms with Crippen LogP contribution < -0.4 is 4.48 Å². The number of nitrogens with zero attached hydrogens (tertiary/aromatic N) is 1. The molecule has 0 saturated heterocycles. The number of hydrogen-bond donors (Lipinski definition) is 1. The third-order valence-electron chi connectivity index (χ3n) is 4.95. The molecule has 0 saturated carbocycles.